The monoisotopic (exact) mass is 572 g/mol. The lowest BCUT2D eigenvalue weighted by atomic mass is 9.89. The Bertz CT molecular complexity index is 1350. The minimum Gasteiger partial charge on any atom is -0.484 e. The molecule has 0 spiro atoms. The number of amides is 2. The number of halogens is 3. The number of likely N-dealkylation sites (N-methyl/N-ethyl adjacent to an activating group) is 1. The summed E-state index contributed by atoms with van der Waals surface area (Å²) in [5.41, 5.74) is 0.338. The van der Waals surface area contributed by atoms with Gasteiger partial charge in [-0.3, -0.25) is 19.8 Å². The summed E-state index contributed by atoms with van der Waals surface area (Å²) in [7, 11) is 1.77. The van der Waals surface area contributed by atoms with Crippen LogP contribution in [0.4, 0.5) is 18.3 Å². The number of carbonyl (C=O) groups is 2. The molecule has 1 saturated heterocycles. The average Bonchev–Trinajstić information content (AvgIpc) is 3.58. The van der Waals surface area contributed by atoms with Gasteiger partial charge in [0.1, 0.15) is 5.75 Å². The number of carbonyl (C=O) groups excluding carboxylic acids is 2. The molecule has 40 heavy (non-hydrogen) atoms. The van der Waals surface area contributed by atoms with Crippen molar-refractivity contribution in [2.45, 2.75) is 50.4 Å². The lowest BCUT2D eigenvalue weighted by Crippen LogP contribution is -2.42. The topological polar surface area (TPSA) is 74.8 Å². The fourth-order valence-electron chi connectivity index (χ4n) is 5.41. The number of hydrogen-bond donors (Lipinski definition) is 1. The molecule has 0 saturated carbocycles. The molecule has 3 aromatic rings. The van der Waals surface area contributed by atoms with Gasteiger partial charge in [0.25, 0.3) is 5.91 Å². The number of alkyl halides is 3. The Morgan fingerprint density at radius 3 is 2.65 bits per heavy atom. The number of benzene rings is 2. The number of thiazole rings is 1. The van der Waals surface area contributed by atoms with Crippen LogP contribution in [0.3, 0.4) is 0 Å². The van der Waals surface area contributed by atoms with E-state index >= 15 is 0 Å². The van der Waals surface area contributed by atoms with Crippen LogP contribution in [0.5, 0.6) is 5.75 Å². The van der Waals surface area contributed by atoms with Crippen molar-refractivity contribution >= 4 is 28.3 Å². The number of para-hydroxylation sites is 1. The van der Waals surface area contributed by atoms with Crippen LogP contribution in [-0.4, -0.2) is 59.4 Å². The Morgan fingerprint density at radius 2 is 1.88 bits per heavy atom. The van der Waals surface area contributed by atoms with Gasteiger partial charge in [0.05, 0.1) is 17.2 Å². The first-order valence-electron chi connectivity index (χ1n) is 13.3. The minimum atomic E-state index is -4.40. The van der Waals surface area contributed by atoms with Gasteiger partial charge in [-0.2, -0.15) is 13.2 Å². The SMILES string of the molecule is CN(C(=O)C1CCCc2sc(NC(=O)COc3ccccc3)nc21)C1CCN(Cc2ccccc2C(F)(F)F)C1. The zero-order valence-corrected chi connectivity index (χ0v) is 22.9. The number of nitrogens with one attached hydrogen (secondary N) is 1. The van der Waals surface area contributed by atoms with E-state index in [2.05, 4.69) is 10.3 Å². The van der Waals surface area contributed by atoms with Crippen LogP contribution in [0.1, 0.15) is 46.9 Å². The van der Waals surface area contributed by atoms with Crippen molar-refractivity contribution in [3.63, 3.8) is 0 Å². The third kappa shape index (κ3) is 6.47. The summed E-state index contributed by atoms with van der Waals surface area (Å²) in [6, 6.07) is 14.6. The molecular weight excluding hydrogens is 541 g/mol. The van der Waals surface area contributed by atoms with Crippen LogP contribution in [0, 0.1) is 0 Å². The molecule has 2 unspecified atom stereocenters. The molecule has 0 bridgehead atoms. The number of aryl methyl sites for hydroxylation is 1. The van der Waals surface area contributed by atoms with Gasteiger partial charge in [0, 0.05) is 37.6 Å². The highest BCUT2D eigenvalue weighted by Crippen LogP contribution is 2.38. The first kappa shape index (κ1) is 28.1. The average molecular weight is 573 g/mol. The molecule has 2 aliphatic rings. The van der Waals surface area contributed by atoms with Gasteiger partial charge in [0.2, 0.25) is 5.91 Å². The summed E-state index contributed by atoms with van der Waals surface area (Å²) in [5.74, 6) is -0.178. The van der Waals surface area contributed by atoms with E-state index in [0.29, 0.717) is 42.5 Å². The zero-order valence-electron chi connectivity index (χ0n) is 22.1. The first-order valence-corrected chi connectivity index (χ1v) is 14.1. The van der Waals surface area contributed by atoms with Crippen molar-refractivity contribution in [1.82, 2.24) is 14.8 Å². The Balaban J connectivity index is 1.19. The lowest BCUT2D eigenvalue weighted by Gasteiger charge is -2.30. The second-order valence-electron chi connectivity index (χ2n) is 10.2. The van der Waals surface area contributed by atoms with Crippen LogP contribution >= 0.6 is 11.3 Å². The van der Waals surface area contributed by atoms with Gasteiger partial charge in [-0.25, -0.2) is 4.98 Å². The zero-order chi connectivity index (χ0) is 28.3. The van der Waals surface area contributed by atoms with E-state index in [1.165, 1.54) is 23.5 Å². The highest BCUT2D eigenvalue weighted by molar-refractivity contribution is 7.15. The Kier molecular flexibility index (Phi) is 8.41. The van der Waals surface area contributed by atoms with Crippen LogP contribution in [0.15, 0.2) is 54.6 Å². The molecule has 7 nitrogen and oxygen atoms in total. The van der Waals surface area contributed by atoms with Crippen molar-refractivity contribution in [3.8, 4) is 5.75 Å². The van der Waals surface area contributed by atoms with Gasteiger partial charge in [-0.05, 0) is 49.4 Å². The number of hydrogen-bond acceptors (Lipinski definition) is 6. The summed E-state index contributed by atoms with van der Waals surface area (Å²) in [6.45, 7) is 1.16. The summed E-state index contributed by atoms with van der Waals surface area (Å²) in [4.78, 5) is 35.4. The number of rotatable bonds is 8. The molecule has 1 fully saturated rings. The van der Waals surface area contributed by atoms with Crippen LogP contribution in [0.25, 0.3) is 0 Å². The fourth-order valence-corrected chi connectivity index (χ4v) is 6.49. The van der Waals surface area contributed by atoms with Gasteiger partial charge in [-0.1, -0.05) is 36.4 Å². The van der Waals surface area contributed by atoms with Gasteiger partial charge in [-0.15, -0.1) is 11.3 Å². The quantitative estimate of drug-likeness (QED) is 0.395. The minimum absolute atomic E-state index is 0.0425. The van der Waals surface area contributed by atoms with Crippen LogP contribution < -0.4 is 10.1 Å². The number of nitrogens with zero attached hydrogens (tertiary/aromatic N) is 3. The number of aromatic nitrogens is 1. The number of fused-ring (bicyclic) bond motifs is 1. The molecule has 11 heteroatoms. The predicted octanol–water partition coefficient (Wildman–Crippen LogP) is 5.33. The second kappa shape index (κ2) is 12.0. The molecule has 212 valence electrons. The molecule has 0 radical (unpaired) electrons. The standard InChI is InChI=1S/C29H31F3N4O3S/c1-35(20-14-15-36(17-20)16-19-8-5-6-12-23(19)29(30,31)32)27(38)22-11-7-13-24-26(22)34-28(40-24)33-25(37)18-39-21-9-3-2-4-10-21/h2-6,8-10,12,20,22H,7,11,13-18H2,1H3,(H,33,34,37). The highest BCUT2D eigenvalue weighted by atomic mass is 32.1. The van der Waals surface area contributed by atoms with E-state index in [0.717, 1.165) is 23.8 Å². The van der Waals surface area contributed by atoms with Crippen molar-refractivity contribution in [2.75, 3.05) is 32.1 Å². The number of likely N-dealkylation sites (tertiary alicyclic amines) is 1. The predicted molar refractivity (Wildman–Crippen MR) is 146 cm³/mol. The molecule has 2 heterocycles. The normalized spacial score (nSPS) is 19.2. The largest absolute Gasteiger partial charge is 0.484 e. The molecule has 5 rings (SSSR count). The third-order valence-corrected chi connectivity index (χ3v) is 8.52. The molecule has 1 aliphatic carbocycles. The second-order valence-corrected chi connectivity index (χ2v) is 11.3. The van der Waals surface area contributed by atoms with E-state index in [4.69, 9.17) is 4.74 Å². The maximum absolute atomic E-state index is 13.6. The smallest absolute Gasteiger partial charge is 0.416 e. The summed E-state index contributed by atoms with van der Waals surface area (Å²) >= 11 is 1.39. The van der Waals surface area contributed by atoms with Crippen molar-refractivity contribution in [1.29, 1.82) is 0 Å². The molecule has 1 N–H and O–H groups in total. The molecule has 1 aromatic heterocycles. The molecule has 1 aliphatic heterocycles. The first-order chi connectivity index (χ1) is 19.2. The van der Waals surface area contributed by atoms with Gasteiger partial charge < -0.3 is 9.64 Å². The van der Waals surface area contributed by atoms with E-state index in [-0.39, 0.29) is 36.6 Å². The molecule has 2 amide bonds. The molecule has 2 aromatic carbocycles. The van der Waals surface area contributed by atoms with Crippen LogP contribution in [-0.2, 0) is 28.7 Å². The number of anilines is 1. The van der Waals surface area contributed by atoms with Crippen molar-refractivity contribution in [2.24, 2.45) is 0 Å². The Labute approximate surface area is 235 Å². The van der Waals surface area contributed by atoms with Crippen molar-refractivity contribution < 1.29 is 27.5 Å². The summed E-state index contributed by atoms with van der Waals surface area (Å²) < 4.78 is 45.8. The van der Waals surface area contributed by atoms with Gasteiger partial charge >= 0.3 is 6.18 Å². The Morgan fingerprint density at radius 1 is 1.12 bits per heavy atom. The molecule has 2 atom stereocenters. The maximum Gasteiger partial charge on any atom is 0.416 e. The Hall–Kier alpha value is -3.44. The molecular formula is C29H31F3N4O3S. The maximum atomic E-state index is 13.6. The fraction of sp³-hybridized carbons (Fsp3) is 0.414. The third-order valence-electron chi connectivity index (χ3n) is 7.47. The van der Waals surface area contributed by atoms with E-state index in [9.17, 15) is 22.8 Å². The highest BCUT2D eigenvalue weighted by Gasteiger charge is 2.37. The lowest BCUT2D eigenvalue weighted by molar-refractivity contribution is -0.138. The van der Waals surface area contributed by atoms with E-state index < -0.39 is 17.7 Å². The van der Waals surface area contributed by atoms with E-state index in [1.807, 2.05) is 23.1 Å². The number of ether oxygens (including phenoxy) is 1. The van der Waals surface area contributed by atoms with E-state index in [1.54, 1.807) is 30.1 Å². The van der Waals surface area contributed by atoms with Crippen molar-refractivity contribution in [3.05, 3.63) is 76.3 Å². The summed E-state index contributed by atoms with van der Waals surface area (Å²) in [6.07, 6.45) is -1.40. The van der Waals surface area contributed by atoms with Crippen LogP contribution in [0.2, 0.25) is 0 Å². The summed E-state index contributed by atoms with van der Waals surface area (Å²) in [5, 5.41) is 3.24. The van der Waals surface area contributed by atoms with Gasteiger partial charge in [0.15, 0.2) is 11.7 Å².